The Morgan fingerprint density at radius 1 is 1.29 bits per heavy atom. The molecule has 0 amide bonds. The second-order valence-corrected chi connectivity index (χ2v) is 6.50. The zero-order valence-corrected chi connectivity index (χ0v) is 12.8. The molecule has 0 aliphatic heterocycles. The zero-order valence-electron chi connectivity index (χ0n) is 12.0. The van der Waals surface area contributed by atoms with Gasteiger partial charge in [-0.1, -0.05) is 5.21 Å². The first-order valence-corrected chi connectivity index (χ1v) is 8.15. The fourth-order valence-electron chi connectivity index (χ4n) is 2.96. The molecule has 5 nitrogen and oxygen atoms in total. The predicted molar refractivity (Wildman–Crippen MR) is 82.3 cm³/mol. The third kappa shape index (κ3) is 2.29. The fraction of sp³-hybridized carbons (Fsp3) is 0.400. The molecule has 4 rings (SSSR count). The SMILES string of the molecule is Cn1ccnc1-c1cn(Cc2csc3c2CCCC3)nn1. The van der Waals surface area contributed by atoms with Crippen LogP contribution in [0.1, 0.15) is 28.8 Å². The van der Waals surface area contributed by atoms with Crippen LogP contribution < -0.4 is 0 Å². The van der Waals surface area contributed by atoms with Gasteiger partial charge in [-0.3, -0.25) is 0 Å². The molecule has 0 unspecified atom stereocenters. The Balaban J connectivity index is 1.60. The summed E-state index contributed by atoms with van der Waals surface area (Å²) in [5.74, 6) is 0.855. The van der Waals surface area contributed by atoms with E-state index in [4.69, 9.17) is 0 Å². The van der Waals surface area contributed by atoms with Gasteiger partial charge in [0.2, 0.25) is 0 Å². The molecule has 3 aromatic rings. The number of nitrogens with zero attached hydrogens (tertiary/aromatic N) is 5. The molecule has 1 aliphatic rings. The van der Waals surface area contributed by atoms with Crippen LogP contribution >= 0.6 is 11.3 Å². The van der Waals surface area contributed by atoms with E-state index in [1.807, 2.05) is 40.0 Å². The lowest BCUT2D eigenvalue weighted by molar-refractivity contribution is 0.634. The minimum atomic E-state index is 0.809. The Hall–Kier alpha value is -1.95. The quantitative estimate of drug-likeness (QED) is 0.747. The standard InChI is InChI=1S/C15H17N5S/c1-19-7-6-16-15(19)13-9-20(18-17-13)8-11-10-21-14-5-3-2-4-12(11)14/h6-7,9-10H,2-5,8H2,1H3. The molecule has 0 fully saturated rings. The molecule has 0 spiro atoms. The van der Waals surface area contributed by atoms with Gasteiger partial charge in [0, 0.05) is 24.3 Å². The van der Waals surface area contributed by atoms with Crippen LogP contribution in [0.2, 0.25) is 0 Å². The van der Waals surface area contributed by atoms with Gasteiger partial charge in [-0.15, -0.1) is 16.4 Å². The van der Waals surface area contributed by atoms with E-state index in [1.54, 1.807) is 16.6 Å². The van der Waals surface area contributed by atoms with Gasteiger partial charge < -0.3 is 4.57 Å². The van der Waals surface area contributed by atoms with Gasteiger partial charge in [-0.25, -0.2) is 9.67 Å². The molecule has 3 heterocycles. The number of fused-ring (bicyclic) bond motifs is 1. The van der Waals surface area contributed by atoms with Crippen molar-refractivity contribution in [2.24, 2.45) is 7.05 Å². The van der Waals surface area contributed by atoms with Crippen LogP contribution in [0.3, 0.4) is 0 Å². The molecule has 108 valence electrons. The summed E-state index contributed by atoms with van der Waals surface area (Å²) in [6.45, 7) is 0.809. The molecule has 1 aliphatic carbocycles. The smallest absolute Gasteiger partial charge is 0.161 e. The molecule has 6 heteroatoms. The van der Waals surface area contributed by atoms with Gasteiger partial charge in [0.05, 0.1) is 12.7 Å². The second kappa shape index (κ2) is 5.11. The first kappa shape index (κ1) is 12.8. The van der Waals surface area contributed by atoms with Gasteiger partial charge in [0.25, 0.3) is 0 Å². The molecule has 0 aromatic carbocycles. The van der Waals surface area contributed by atoms with E-state index in [9.17, 15) is 0 Å². The Morgan fingerprint density at radius 3 is 3.05 bits per heavy atom. The van der Waals surface area contributed by atoms with E-state index >= 15 is 0 Å². The highest BCUT2D eigenvalue weighted by molar-refractivity contribution is 7.10. The summed E-state index contributed by atoms with van der Waals surface area (Å²) >= 11 is 1.90. The van der Waals surface area contributed by atoms with Crippen molar-refractivity contribution in [1.29, 1.82) is 0 Å². The maximum atomic E-state index is 4.32. The molecule has 0 saturated heterocycles. The van der Waals surface area contributed by atoms with Crippen molar-refractivity contribution in [2.45, 2.75) is 32.2 Å². The Kier molecular flexibility index (Phi) is 3.11. The summed E-state index contributed by atoms with van der Waals surface area (Å²) in [5, 5.41) is 10.8. The first-order valence-electron chi connectivity index (χ1n) is 7.27. The highest BCUT2D eigenvalue weighted by atomic mass is 32.1. The molecule has 0 N–H and O–H groups in total. The minimum Gasteiger partial charge on any atom is -0.333 e. The minimum absolute atomic E-state index is 0.809. The van der Waals surface area contributed by atoms with Crippen molar-refractivity contribution in [2.75, 3.05) is 0 Å². The van der Waals surface area contributed by atoms with E-state index in [1.165, 1.54) is 31.2 Å². The Morgan fingerprint density at radius 2 is 2.19 bits per heavy atom. The molecule has 21 heavy (non-hydrogen) atoms. The van der Waals surface area contributed by atoms with E-state index < -0.39 is 0 Å². The number of aryl methyl sites for hydroxylation is 2. The molecule has 0 bridgehead atoms. The van der Waals surface area contributed by atoms with Crippen molar-refractivity contribution in [1.82, 2.24) is 24.5 Å². The van der Waals surface area contributed by atoms with Crippen LogP contribution in [0.5, 0.6) is 0 Å². The van der Waals surface area contributed by atoms with E-state index in [-0.39, 0.29) is 0 Å². The van der Waals surface area contributed by atoms with Gasteiger partial charge >= 0.3 is 0 Å². The van der Waals surface area contributed by atoms with Crippen molar-refractivity contribution < 1.29 is 0 Å². The van der Waals surface area contributed by atoms with E-state index in [0.29, 0.717) is 0 Å². The van der Waals surface area contributed by atoms with Gasteiger partial charge in [-0.2, -0.15) is 0 Å². The summed E-state index contributed by atoms with van der Waals surface area (Å²) in [7, 11) is 1.97. The average molecular weight is 299 g/mol. The van der Waals surface area contributed by atoms with E-state index in [0.717, 1.165) is 18.1 Å². The normalized spacial score (nSPS) is 14.3. The van der Waals surface area contributed by atoms with Crippen LogP contribution in [0.15, 0.2) is 24.0 Å². The third-order valence-electron chi connectivity index (χ3n) is 4.07. The van der Waals surface area contributed by atoms with Gasteiger partial charge in [0.1, 0.15) is 5.69 Å². The van der Waals surface area contributed by atoms with Crippen LogP contribution in [0.25, 0.3) is 11.5 Å². The lowest BCUT2D eigenvalue weighted by Crippen LogP contribution is -2.05. The molecule has 0 radical (unpaired) electrons. The topological polar surface area (TPSA) is 48.5 Å². The number of rotatable bonds is 3. The third-order valence-corrected chi connectivity index (χ3v) is 5.21. The summed E-state index contributed by atoms with van der Waals surface area (Å²) in [6.07, 6.45) is 10.8. The molecular formula is C15H17N5S. The Bertz CT molecular complexity index is 767. The van der Waals surface area contributed by atoms with Crippen LogP contribution in [0.4, 0.5) is 0 Å². The molecule has 0 saturated carbocycles. The highest BCUT2D eigenvalue weighted by Crippen LogP contribution is 2.30. The second-order valence-electron chi connectivity index (χ2n) is 5.53. The zero-order chi connectivity index (χ0) is 14.2. The summed E-state index contributed by atoms with van der Waals surface area (Å²) in [5.41, 5.74) is 3.79. The largest absolute Gasteiger partial charge is 0.333 e. The highest BCUT2D eigenvalue weighted by Gasteiger charge is 2.16. The number of hydrogen-bond acceptors (Lipinski definition) is 4. The fourth-order valence-corrected chi connectivity index (χ4v) is 4.10. The average Bonchev–Trinajstić information content (AvgIpc) is 3.20. The molecule has 0 atom stereocenters. The summed E-state index contributed by atoms with van der Waals surface area (Å²) in [4.78, 5) is 5.89. The number of aromatic nitrogens is 5. The Labute approximate surface area is 127 Å². The van der Waals surface area contributed by atoms with Crippen molar-refractivity contribution in [3.63, 3.8) is 0 Å². The first-order chi connectivity index (χ1) is 10.3. The van der Waals surface area contributed by atoms with Gasteiger partial charge in [0.15, 0.2) is 5.82 Å². The monoisotopic (exact) mass is 299 g/mol. The predicted octanol–water partition coefficient (Wildman–Crippen LogP) is 2.67. The maximum absolute atomic E-state index is 4.32. The summed E-state index contributed by atoms with van der Waals surface area (Å²) < 4.78 is 3.88. The van der Waals surface area contributed by atoms with Crippen molar-refractivity contribution in [3.05, 3.63) is 40.0 Å². The molecule has 3 aromatic heterocycles. The van der Waals surface area contributed by atoms with Gasteiger partial charge in [-0.05, 0) is 42.2 Å². The lowest BCUT2D eigenvalue weighted by Gasteiger charge is -2.12. The summed E-state index contributed by atoms with van der Waals surface area (Å²) in [6, 6.07) is 0. The lowest BCUT2D eigenvalue weighted by atomic mass is 9.96. The number of hydrogen-bond donors (Lipinski definition) is 0. The van der Waals surface area contributed by atoms with Crippen LogP contribution in [0, 0.1) is 0 Å². The number of imidazole rings is 1. The molecular weight excluding hydrogens is 282 g/mol. The maximum Gasteiger partial charge on any atom is 0.161 e. The van der Waals surface area contributed by atoms with Crippen molar-refractivity contribution in [3.8, 4) is 11.5 Å². The number of thiophene rings is 1. The van der Waals surface area contributed by atoms with Crippen LogP contribution in [-0.4, -0.2) is 24.5 Å². The van der Waals surface area contributed by atoms with Crippen molar-refractivity contribution >= 4 is 11.3 Å². The van der Waals surface area contributed by atoms with E-state index in [2.05, 4.69) is 20.7 Å². The van der Waals surface area contributed by atoms with Crippen LogP contribution in [-0.2, 0) is 26.4 Å².